The van der Waals surface area contributed by atoms with E-state index in [0.717, 1.165) is 6.42 Å². The zero-order valence-corrected chi connectivity index (χ0v) is 12.9. The lowest BCUT2D eigenvalue weighted by molar-refractivity contribution is -0.123. The number of nitrogens with one attached hydrogen (secondary N) is 2. The summed E-state index contributed by atoms with van der Waals surface area (Å²) >= 11 is 0. The smallest absolute Gasteiger partial charge is 0.221 e. The van der Waals surface area contributed by atoms with E-state index in [2.05, 4.69) is 10.6 Å². The van der Waals surface area contributed by atoms with Crippen molar-refractivity contribution in [2.24, 2.45) is 11.1 Å². The van der Waals surface area contributed by atoms with Gasteiger partial charge in [-0.25, -0.2) is 0 Å². The van der Waals surface area contributed by atoms with Crippen LogP contribution in [0.25, 0.3) is 0 Å². The van der Waals surface area contributed by atoms with Crippen LogP contribution >= 0.6 is 0 Å². The van der Waals surface area contributed by atoms with Crippen LogP contribution in [-0.4, -0.2) is 30.4 Å². The van der Waals surface area contributed by atoms with Crippen molar-refractivity contribution in [3.63, 3.8) is 0 Å². The summed E-state index contributed by atoms with van der Waals surface area (Å²) in [6.45, 7) is 10.3. The summed E-state index contributed by atoms with van der Waals surface area (Å²) in [5.41, 5.74) is 5.83. The predicted molar refractivity (Wildman–Crippen MR) is 77.6 cm³/mol. The van der Waals surface area contributed by atoms with Gasteiger partial charge in [-0.1, -0.05) is 27.7 Å². The van der Waals surface area contributed by atoms with Gasteiger partial charge in [0.05, 0.1) is 0 Å². The number of amides is 2. The van der Waals surface area contributed by atoms with Crippen LogP contribution < -0.4 is 16.4 Å². The first-order valence-corrected chi connectivity index (χ1v) is 6.98. The number of hydrogen-bond donors (Lipinski definition) is 3. The molecule has 0 saturated heterocycles. The Morgan fingerprint density at radius 2 is 1.79 bits per heavy atom. The van der Waals surface area contributed by atoms with Gasteiger partial charge in [0.25, 0.3) is 0 Å². The van der Waals surface area contributed by atoms with Crippen molar-refractivity contribution in [2.45, 2.75) is 66.0 Å². The third-order valence-corrected chi connectivity index (χ3v) is 3.21. The van der Waals surface area contributed by atoms with E-state index >= 15 is 0 Å². The molecule has 0 spiro atoms. The van der Waals surface area contributed by atoms with E-state index in [-0.39, 0.29) is 35.7 Å². The molecule has 0 radical (unpaired) electrons. The van der Waals surface area contributed by atoms with Crippen LogP contribution in [0.2, 0.25) is 0 Å². The molecule has 2 unspecified atom stereocenters. The van der Waals surface area contributed by atoms with Crippen LogP contribution in [0.5, 0.6) is 0 Å². The minimum atomic E-state index is -0.179. The van der Waals surface area contributed by atoms with Crippen molar-refractivity contribution >= 4 is 11.8 Å². The van der Waals surface area contributed by atoms with Crippen molar-refractivity contribution in [2.75, 3.05) is 6.54 Å². The number of hydrogen-bond acceptors (Lipinski definition) is 3. The van der Waals surface area contributed by atoms with Gasteiger partial charge < -0.3 is 16.4 Å². The normalized spacial score (nSPS) is 14.6. The number of carbonyl (C=O) groups excluding carboxylic acids is 2. The van der Waals surface area contributed by atoms with Crippen LogP contribution in [0.15, 0.2) is 0 Å². The first kappa shape index (κ1) is 17.9. The van der Waals surface area contributed by atoms with E-state index in [9.17, 15) is 9.59 Å². The van der Waals surface area contributed by atoms with Gasteiger partial charge in [-0.2, -0.15) is 0 Å². The summed E-state index contributed by atoms with van der Waals surface area (Å²) in [6, 6.07) is -0.000968. The van der Waals surface area contributed by atoms with Crippen molar-refractivity contribution in [1.82, 2.24) is 10.6 Å². The van der Waals surface area contributed by atoms with Crippen molar-refractivity contribution in [1.29, 1.82) is 0 Å². The number of nitrogens with two attached hydrogens (primary N) is 1. The fourth-order valence-corrected chi connectivity index (χ4v) is 1.34. The maximum absolute atomic E-state index is 11.6. The first-order valence-electron chi connectivity index (χ1n) is 6.98. The summed E-state index contributed by atoms with van der Waals surface area (Å²) in [6.07, 6.45) is 1.50. The quantitative estimate of drug-likeness (QED) is 0.650. The van der Waals surface area contributed by atoms with Crippen molar-refractivity contribution in [3.8, 4) is 0 Å². The van der Waals surface area contributed by atoms with E-state index in [1.165, 1.54) is 0 Å². The lowest BCUT2D eigenvalue weighted by Crippen LogP contribution is -2.41. The van der Waals surface area contributed by atoms with Crippen LogP contribution in [0, 0.1) is 5.41 Å². The van der Waals surface area contributed by atoms with Gasteiger partial charge in [-0.15, -0.1) is 0 Å². The Bertz CT molecular complexity index is 298. The molecule has 112 valence electrons. The molecule has 0 heterocycles. The first-order chi connectivity index (χ1) is 8.66. The van der Waals surface area contributed by atoms with Crippen LogP contribution in [0.4, 0.5) is 0 Å². The Labute approximate surface area is 116 Å². The summed E-state index contributed by atoms with van der Waals surface area (Å²) < 4.78 is 0. The highest BCUT2D eigenvalue weighted by atomic mass is 16.2. The molecule has 0 aliphatic rings. The van der Waals surface area contributed by atoms with Crippen LogP contribution in [0.1, 0.15) is 53.9 Å². The molecule has 0 aromatic rings. The predicted octanol–water partition coefficient (Wildman–Crippen LogP) is 1.17. The Balaban J connectivity index is 3.84. The Morgan fingerprint density at radius 3 is 2.26 bits per heavy atom. The standard InChI is InChI=1S/C14H29N3O2/c1-6-10(2)17-12(18)7-8-16-13(19)9-11(15)14(3,4)5/h10-11H,6-9,15H2,1-5H3,(H,16,19)(H,17,18). The summed E-state index contributed by atoms with van der Waals surface area (Å²) in [7, 11) is 0. The lowest BCUT2D eigenvalue weighted by atomic mass is 9.85. The highest BCUT2D eigenvalue weighted by Crippen LogP contribution is 2.19. The molecule has 5 heteroatoms. The Kier molecular flexibility index (Phi) is 7.68. The molecular formula is C14H29N3O2. The average molecular weight is 271 g/mol. The van der Waals surface area contributed by atoms with Crippen molar-refractivity contribution in [3.05, 3.63) is 0 Å². The SMILES string of the molecule is CCC(C)NC(=O)CCNC(=O)CC(N)C(C)(C)C. The second-order valence-electron chi connectivity index (χ2n) is 6.15. The molecule has 0 aliphatic carbocycles. The van der Waals surface area contributed by atoms with Gasteiger partial charge >= 0.3 is 0 Å². The van der Waals surface area contributed by atoms with E-state index < -0.39 is 0 Å². The van der Waals surface area contributed by atoms with Gasteiger partial charge in [-0.3, -0.25) is 9.59 Å². The van der Waals surface area contributed by atoms with Gasteiger partial charge in [-0.05, 0) is 18.8 Å². The Morgan fingerprint density at radius 1 is 1.21 bits per heavy atom. The second kappa shape index (κ2) is 8.15. The lowest BCUT2D eigenvalue weighted by Gasteiger charge is -2.26. The molecule has 0 saturated carbocycles. The monoisotopic (exact) mass is 271 g/mol. The molecule has 0 fully saturated rings. The largest absolute Gasteiger partial charge is 0.356 e. The van der Waals surface area contributed by atoms with Crippen molar-refractivity contribution < 1.29 is 9.59 Å². The Hall–Kier alpha value is -1.10. The minimum absolute atomic E-state index is 0.0326. The topological polar surface area (TPSA) is 84.2 Å². The molecule has 19 heavy (non-hydrogen) atoms. The summed E-state index contributed by atoms with van der Waals surface area (Å²) in [4.78, 5) is 23.1. The van der Waals surface area contributed by atoms with Gasteiger partial charge in [0.2, 0.25) is 11.8 Å². The zero-order valence-electron chi connectivity index (χ0n) is 12.9. The van der Waals surface area contributed by atoms with Gasteiger partial charge in [0, 0.05) is 31.5 Å². The maximum Gasteiger partial charge on any atom is 0.221 e. The highest BCUT2D eigenvalue weighted by molar-refractivity contribution is 5.79. The molecule has 5 nitrogen and oxygen atoms in total. The third-order valence-electron chi connectivity index (χ3n) is 3.21. The van der Waals surface area contributed by atoms with E-state index in [1.807, 2.05) is 34.6 Å². The second-order valence-corrected chi connectivity index (χ2v) is 6.15. The molecule has 0 aromatic carbocycles. The molecule has 2 amide bonds. The molecule has 0 aliphatic heterocycles. The molecule has 2 atom stereocenters. The minimum Gasteiger partial charge on any atom is -0.356 e. The van der Waals surface area contributed by atoms with E-state index in [1.54, 1.807) is 0 Å². The van der Waals surface area contributed by atoms with Crippen LogP contribution in [0.3, 0.4) is 0 Å². The van der Waals surface area contributed by atoms with E-state index in [0.29, 0.717) is 13.0 Å². The van der Waals surface area contributed by atoms with Crippen LogP contribution in [-0.2, 0) is 9.59 Å². The third kappa shape index (κ3) is 8.59. The van der Waals surface area contributed by atoms with Gasteiger partial charge in [0.15, 0.2) is 0 Å². The highest BCUT2D eigenvalue weighted by Gasteiger charge is 2.22. The number of carbonyl (C=O) groups is 2. The molecule has 0 aromatic heterocycles. The molecular weight excluding hydrogens is 242 g/mol. The number of rotatable bonds is 7. The van der Waals surface area contributed by atoms with Gasteiger partial charge in [0.1, 0.15) is 0 Å². The zero-order chi connectivity index (χ0) is 15.1. The molecule has 4 N–H and O–H groups in total. The molecule has 0 bridgehead atoms. The fourth-order valence-electron chi connectivity index (χ4n) is 1.34. The summed E-state index contributed by atoms with van der Waals surface area (Å²) in [5, 5.41) is 5.58. The molecule has 0 rings (SSSR count). The fraction of sp³-hybridized carbons (Fsp3) is 0.857. The average Bonchev–Trinajstić information content (AvgIpc) is 2.27. The summed E-state index contributed by atoms with van der Waals surface area (Å²) in [5.74, 6) is -0.131. The maximum atomic E-state index is 11.6. The van der Waals surface area contributed by atoms with E-state index in [4.69, 9.17) is 5.73 Å².